The monoisotopic (exact) mass is 250 g/mol. The molecule has 18 heavy (non-hydrogen) atoms. The number of hydrogen-bond donors (Lipinski definition) is 1. The van der Waals surface area contributed by atoms with Crippen molar-refractivity contribution in [1.29, 1.82) is 0 Å². The highest BCUT2D eigenvalue weighted by atomic mass is 19.1. The van der Waals surface area contributed by atoms with E-state index in [9.17, 15) is 13.6 Å². The van der Waals surface area contributed by atoms with E-state index >= 15 is 0 Å². The van der Waals surface area contributed by atoms with Crippen LogP contribution in [-0.2, 0) is 4.79 Å². The van der Waals surface area contributed by atoms with Crippen LogP contribution < -0.4 is 0 Å². The smallest absolute Gasteiger partial charge is 0.328 e. The molecule has 4 nitrogen and oxygen atoms in total. The van der Waals surface area contributed by atoms with E-state index in [1.807, 2.05) is 0 Å². The largest absolute Gasteiger partial charge is 0.478 e. The van der Waals surface area contributed by atoms with Gasteiger partial charge in [-0.25, -0.2) is 18.3 Å². The summed E-state index contributed by atoms with van der Waals surface area (Å²) in [5.74, 6) is -2.82. The molecule has 0 spiro atoms. The summed E-state index contributed by atoms with van der Waals surface area (Å²) in [6, 6.07) is 3.62. The van der Waals surface area contributed by atoms with Gasteiger partial charge in [-0.05, 0) is 29.8 Å². The molecule has 0 saturated carbocycles. The SMILES string of the molecule is O=C(O)C=Cc1cc(F)c(-n2cccn2)c(F)c1. The van der Waals surface area contributed by atoms with Gasteiger partial charge in [0.25, 0.3) is 0 Å². The fourth-order valence-corrected chi connectivity index (χ4v) is 1.47. The van der Waals surface area contributed by atoms with Crippen molar-refractivity contribution >= 4 is 12.0 Å². The Morgan fingerprint density at radius 1 is 1.33 bits per heavy atom. The number of benzene rings is 1. The van der Waals surface area contributed by atoms with Gasteiger partial charge in [0.1, 0.15) is 5.69 Å². The summed E-state index contributed by atoms with van der Waals surface area (Å²) in [5, 5.41) is 12.2. The Balaban J connectivity index is 2.45. The predicted molar refractivity (Wildman–Crippen MR) is 60.1 cm³/mol. The van der Waals surface area contributed by atoms with Crippen molar-refractivity contribution in [3.63, 3.8) is 0 Å². The maximum Gasteiger partial charge on any atom is 0.328 e. The maximum absolute atomic E-state index is 13.7. The van der Waals surface area contributed by atoms with E-state index in [0.29, 0.717) is 0 Å². The molecule has 0 radical (unpaired) electrons. The van der Waals surface area contributed by atoms with E-state index in [2.05, 4.69) is 5.10 Å². The van der Waals surface area contributed by atoms with Crippen LogP contribution in [0.2, 0.25) is 0 Å². The summed E-state index contributed by atoms with van der Waals surface area (Å²) in [7, 11) is 0. The molecule has 2 aromatic rings. The second-order valence-corrected chi connectivity index (χ2v) is 3.46. The standard InChI is InChI=1S/C12H8F2N2O2/c13-9-6-8(2-3-11(17)18)7-10(14)12(9)16-5-1-4-15-16/h1-7H,(H,17,18). The Labute approximate surface area is 101 Å². The average Bonchev–Trinajstić information content (AvgIpc) is 2.79. The number of nitrogens with zero attached hydrogens (tertiary/aromatic N) is 2. The van der Waals surface area contributed by atoms with Crippen molar-refractivity contribution in [2.75, 3.05) is 0 Å². The van der Waals surface area contributed by atoms with Crippen molar-refractivity contribution in [2.45, 2.75) is 0 Å². The molecule has 2 rings (SSSR count). The van der Waals surface area contributed by atoms with Gasteiger partial charge in [-0.2, -0.15) is 5.10 Å². The molecule has 0 bridgehead atoms. The molecule has 1 aromatic heterocycles. The minimum absolute atomic E-state index is 0.128. The van der Waals surface area contributed by atoms with Gasteiger partial charge in [-0.3, -0.25) is 0 Å². The molecule has 92 valence electrons. The Hall–Kier alpha value is -2.50. The van der Waals surface area contributed by atoms with Gasteiger partial charge in [0.15, 0.2) is 11.6 Å². The summed E-state index contributed by atoms with van der Waals surface area (Å²) in [5.41, 5.74) is -0.171. The van der Waals surface area contributed by atoms with E-state index in [-0.39, 0.29) is 11.3 Å². The Morgan fingerprint density at radius 3 is 2.50 bits per heavy atom. The van der Waals surface area contributed by atoms with Crippen molar-refractivity contribution < 1.29 is 18.7 Å². The predicted octanol–water partition coefficient (Wildman–Crippen LogP) is 2.25. The van der Waals surface area contributed by atoms with Crippen LogP contribution in [0.5, 0.6) is 0 Å². The van der Waals surface area contributed by atoms with E-state index in [1.165, 1.54) is 18.5 Å². The third-order valence-corrected chi connectivity index (χ3v) is 2.19. The molecule has 1 heterocycles. The van der Waals surface area contributed by atoms with Crippen LogP contribution in [0.1, 0.15) is 5.56 Å². The van der Waals surface area contributed by atoms with Crippen LogP contribution in [-0.4, -0.2) is 20.9 Å². The van der Waals surface area contributed by atoms with Crippen LogP contribution in [0.3, 0.4) is 0 Å². The molecule has 1 N–H and O–H groups in total. The molecule has 0 atom stereocenters. The highest BCUT2D eigenvalue weighted by molar-refractivity contribution is 5.85. The van der Waals surface area contributed by atoms with Gasteiger partial charge in [-0.15, -0.1) is 0 Å². The Morgan fingerprint density at radius 2 is 2.00 bits per heavy atom. The summed E-state index contributed by atoms with van der Waals surface area (Å²) < 4.78 is 28.5. The number of carboxylic acid groups (broad SMARTS) is 1. The first kappa shape index (κ1) is 12.0. The van der Waals surface area contributed by atoms with Crippen molar-refractivity contribution in [2.24, 2.45) is 0 Å². The number of aromatic nitrogens is 2. The lowest BCUT2D eigenvalue weighted by Crippen LogP contribution is -2.02. The number of carbonyl (C=O) groups is 1. The molecule has 0 aliphatic rings. The summed E-state index contributed by atoms with van der Waals surface area (Å²) in [6.07, 6.45) is 4.73. The zero-order valence-corrected chi connectivity index (χ0v) is 9.05. The molecule has 0 unspecified atom stereocenters. The summed E-state index contributed by atoms with van der Waals surface area (Å²) >= 11 is 0. The van der Waals surface area contributed by atoms with E-state index in [0.717, 1.165) is 29.0 Å². The van der Waals surface area contributed by atoms with Gasteiger partial charge >= 0.3 is 5.97 Å². The number of hydrogen-bond acceptors (Lipinski definition) is 2. The first-order chi connectivity index (χ1) is 8.58. The molecule has 1 aromatic carbocycles. The average molecular weight is 250 g/mol. The lowest BCUT2D eigenvalue weighted by Gasteiger charge is -2.06. The molecule has 6 heteroatoms. The number of aliphatic carboxylic acids is 1. The first-order valence-electron chi connectivity index (χ1n) is 4.98. The third-order valence-electron chi connectivity index (χ3n) is 2.19. The molecule has 0 saturated heterocycles. The fourth-order valence-electron chi connectivity index (χ4n) is 1.47. The Kier molecular flexibility index (Phi) is 3.18. The van der Waals surface area contributed by atoms with Crippen LogP contribution in [0, 0.1) is 11.6 Å². The lowest BCUT2D eigenvalue weighted by atomic mass is 10.1. The van der Waals surface area contributed by atoms with Crippen molar-refractivity contribution in [1.82, 2.24) is 9.78 Å². The van der Waals surface area contributed by atoms with Gasteiger partial charge in [-0.1, -0.05) is 0 Å². The second-order valence-electron chi connectivity index (χ2n) is 3.46. The van der Waals surface area contributed by atoms with Crippen LogP contribution in [0.25, 0.3) is 11.8 Å². The summed E-state index contributed by atoms with van der Waals surface area (Å²) in [4.78, 5) is 10.3. The summed E-state index contributed by atoms with van der Waals surface area (Å²) in [6.45, 7) is 0. The molecular weight excluding hydrogens is 242 g/mol. The molecular formula is C12H8F2N2O2. The Bertz CT molecular complexity index is 584. The minimum atomic E-state index is -1.19. The zero-order chi connectivity index (χ0) is 13.1. The van der Waals surface area contributed by atoms with Crippen LogP contribution in [0.4, 0.5) is 8.78 Å². The second kappa shape index (κ2) is 4.79. The first-order valence-corrected chi connectivity index (χ1v) is 4.98. The van der Waals surface area contributed by atoms with Gasteiger partial charge in [0.05, 0.1) is 0 Å². The highest BCUT2D eigenvalue weighted by Gasteiger charge is 2.12. The molecule has 0 fully saturated rings. The third kappa shape index (κ3) is 2.42. The van der Waals surface area contributed by atoms with E-state index in [4.69, 9.17) is 5.11 Å². The van der Waals surface area contributed by atoms with Crippen molar-refractivity contribution in [3.8, 4) is 5.69 Å². The number of halogens is 2. The van der Waals surface area contributed by atoms with E-state index in [1.54, 1.807) is 0 Å². The van der Waals surface area contributed by atoms with E-state index < -0.39 is 17.6 Å². The van der Waals surface area contributed by atoms with Gasteiger partial charge in [0, 0.05) is 18.5 Å². The van der Waals surface area contributed by atoms with Crippen molar-refractivity contribution in [3.05, 3.63) is 53.9 Å². The van der Waals surface area contributed by atoms with Crippen LogP contribution in [0.15, 0.2) is 36.7 Å². The minimum Gasteiger partial charge on any atom is -0.478 e. The zero-order valence-electron chi connectivity index (χ0n) is 9.05. The number of rotatable bonds is 3. The highest BCUT2D eigenvalue weighted by Crippen LogP contribution is 2.19. The quantitative estimate of drug-likeness (QED) is 0.850. The van der Waals surface area contributed by atoms with Gasteiger partial charge < -0.3 is 5.11 Å². The maximum atomic E-state index is 13.7. The fraction of sp³-hybridized carbons (Fsp3) is 0. The molecule has 0 aliphatic carbocycles. The molecule has 0 amide bonds. The lowest BCUT2D eigenvalue weighted by molar-refractivity contribution is -0.131. The van der Waals surface area contributed by atoms with Crippen LogP contribution >= 0.6 is 0 Å². The normalized spacial score (nSPS) is 11.0. The molecule has 0 aliphatic heterocycles. The van der Waals surface area contributed by atoms with Gasteiger partial charge in [0.2, 0.25) is 0 Å². The number of carboxylic acids is 1. The topological polar surface area (TPSA) is 55.1 Å².